The molecular weight excluding hydrogens is 400 g/mol. The van der Waals surface area contributed by atoms with Crippen LogP contribution in [0.1, 0.15) is 15.9 Å². The van der Waals surface area contributed by atoms with Gasteiger partial charge in [0.1, 0.15) is 0 Å². The lowest BCUT2D eigenvalue weighted by molar-refractivity contribution is -0.165. The minimum Gasteiger partial charge on any atom is -0.361 e. The number of benzene rings is 3. The molecule has 1 heterocycles. The van der Waals surface area contributed by atoms with Gasteiger partial charge in [0.25, 0.3) is 11.8 Å². The Balaban J connectivity index is 1.64. The fourth-order valence-corrected chi connectivity index (χ4v) is 4.26. The molecule has 0 N–H and O–H groups in total. The third-order valence-corrected chi connectivity index (χ3v) is 5.81. The number of amides is 2. The van der Waals surface area contributed by atoms with Crippen LogP contribution >= 0.6 is 0 Å². The Hall–Kier alpha value is -3.44. The Labute approximate surface area is 189 Å². The molecule has 0 aromatic heterocycles. The molecule has 0 bridgehead atoms. The van der Waals surface area contributed by atoms with Crippen molar-refractivity contribution < 1.29 is 14.3 Å². The molecule has 3 aromatic rings. The number of hydrogen-bond donors (Lipinski definition) is 0. The molecule has 0 saturated carbocycles. The van der Waals surface area contributed by atoms with E-state index in [0.29, 0.717) is 25.1 Å². The Morgan fingerprint density at radius 2 is 1.56 bits per heavy atom. The van der Waals surface area contributed by atoms with Crippen LogP contribution in [0.25, 0.3) is 11.1 Å². The smallest absolute Gasteiger partial charge is 0.256 e. The SMILES string of the molecule is CN(C)C(=O)[C@@]1(Cc2cccc(-c3ccccc3)c2)CN(C(=O)c2ccccc2)CCO1. The Morgan fingerprint density at radius 1 is 0.906 bits per heavy atom. The maximum Gasteiger partial charge on any atom is 0.256 e. The molecule has 0 unspecified atom stereocenters. The van der Waals surface area contributed by atoms with Crippen molar-refractivity contribution >= 4 is 11.8 Å². The van der Waals surface area contributed by atoms with E-state index in [9.17, 15) is 9.59 Å². The zero-order valence-electron chi connectivity index (χ0n) is 18.5. The molecule has 5 nitrogen and oxygen atoms in total. The van der Waals surface area contributed by atoms with Crippen LogP contribution in [0, 0.1) is 0 Å². The molecule has 1 fully saturated rings. The Morgan fingerprint density at radius 3 is 2.25 bits per heavy atom. The summed E-state index contributed by atoms with van der Waals surface area (Å²) in [6.07, 6.45) is 0.392. The standard InChI is InChI=1S/C27H28N2O3/c1-28(2)26(31)27(19-21-10-9-15-24(18-21)22-11-5-3-6-12-22)20-29(16-17-32-27)25(30)23-13-7-4-8-14-23/h3-15,18H,16-17,19-20H2,1-2H3/t27-/m1/s1. The minimum absolute atomic E-state index is 0.0807. The van der Waals surface area contributed by atoms with Crippen LogP contribution in [-0.4, -0.2) is 61.0 Å². The molecule has 2 amide bonds. The summed E-state index contributed by atoms with van der Waals surface area (Å²) in [6, 6.07) is 27.5. The number of hydrogen-bond acceptors (Lipinski definition) is 3. The predicted octanol–water partition coefficient (Wildman–Crippen LogP) is 3.90. The van der Waals surface area contributed by atoms with Gasteiger partial charge in [0.15, 0.2) is 5.60 Å². The average molecular weight is 429 g/mol. The molecule has 0 radical (unpaired) electrons. The largest absolute Gasteiger partial charge is 0.361 e. The van der Waals surface area contributed by atoms with Gasteiger partial charge in [-0.25, -0.2) is 0 Å². The summed E-state index contributed by atoms with van der Waals surface area (Å²) in [4.78, 5) is 29.8. The lowest BCUT2D eigenvalue weighted by Crippen LogP contribution is -2.61. The molecule has 4 rings (SSSR count). The van der Waals surface area contributed by atoms with Gasteiger partial charge in [0.05, 0.1) is 13.2 Å². The molecule has 1 aliphatic rings. The highest BCUT2D eigenvalue weighted by Gasteiger charge is 2.46. The quantitative estimate of drug-likeness (QED) is 0.619. The van der Waals surface area contributed by atoms with Crippen molar-refractivity contribution in [1.29, 1.82) is 0 Å². The molecule has 5 heteroatoms. The van der Waals surface area contributed by atoms with Crippen LogP contribution in [0.3, 0.4) is 0 Å². The van der Waals surface area contributed by atoms with Crippen molar-refractivity contribution in [2.24, 2.45) is 0 Å². The summed E-state index contributed by atoms with van der Waals surface area (Å²) in [5, 5.41) is 0. The molecule has 1 atom stereocenters. The summed E-state index contributed by atoms with van der Waals surface area (Å²) in [5.41, 5.74) is 2.69. The van der Waals surface area contributed by atoms with Gasteiger partial charge >= 0.3 is 0 Å². The maximum absolute atomic E-state index is 13.3. The highest BCUT2D eigenvalue weighted by Crippen LogP contribution is 2.28. The van der Waals surface area contributed by atoms with E-state index in [4.69, 9.17) is 4.74 Å². The lowest BCUT2D eigenvalue weighted by Gasteiger charge is -2.43. The molecule has 1 saturated heterocycles. The van der Waals surface area contributed by atoms with Gasteiger partial charge in [-0.1, -0.05) is 72.8 Å². The van der Waals surface area contributed by atoms with E-state index in [2.05, 4.69) is 24.3 Å². The Bertz CT molecular complexity index is 1080. The first-order valence-corrected chi connectivity index (χ1v) is 10.8. The molecule has 164 valence electrons. The molecule has 3 aromatic carbocycles. The van der Waals surface area contributed by atoms with E-state index in [1.165, 1.54) is 0 Å². The molecule has 1 aliphatic heterocycles. The van der Waals surface area contributed by atoms with Gasteiger partial charge in [0, 0.05) is 32.6 Å². The predicted molar refractivity (Wildman–Crippen MR) is 125 cm³/mol. The second-order valence-electron chi connectivity index (χ2n) is 8.38. The summed E-state index contributed by atoms with van der Waals surface area (Å²) in [7, 11) is 3.46. The number of morpholine rings is 1. The van der Waals surface area contributed by atoms with Crippen molar-refractivity contribution in [2.75, 3.05) is 33.8 Å². The van der Waals surface area contributed by atoms with E-state index in [-0.39, 0.29) is 18.4 Å². The maximum atomic E-state index is 13.3. The van der Waals surface area contributed by atoms with Crippen molar-refractivity contribution in [3.05, 3.63) is 96.1 Å². The number of likely N-dealkylation sites (N-methyl/N-ethyl adjacent to an activating group) is 1. The number of ether oxygens (including phenoxy) is 1. The second-order valence-corrected chi connectivity index (χ2v) is 8.38. The zero-order valence-corrected chi connectivity index (χ0v) is 18.5. The fraction of sp³-hybridized carbons (Fsp3) is 0.259. The van der Waals surface area contributed by atoms with Crippen LogP contribution in [0.5, 0.6) is 0 Å². The van der Waals surface area contributed by atoms with E-state index >= 15 is 0 Å². The van der Waals surface area contributed by atoms with Gasteiger partial charge in [0.2, 0.25) is 0 Å². The average Bonchev–Trinajstić information content (AvgIpc) is 2.84. The van der Waals surface area contributed by atoms with Gasteiger partial charge in [-0.3, -0.25) is 9.59 Å². The van der Waals surface area contributed by atoms with Crippen molar-refractivity contribution in [2.45, 2.75) is 12.0 Å². The van der Waals surface area contributed by atoms with Crippen molar-refractivity contribution in [1.82, 2.24) is 9.80 Å². The number of rotatable bonds is 5. The Kier molecular flexibility index (Phi) is 6.37. The van der Waals surface area contributed by atoms with E-state index in [0.717, 1.165) is 16.7 Å². The van der Waals surface area contributed by atoms with E-state index < -0.39 is 5.60 Å². The fourth-order valence-electron chi connectivity index (χ4n) is 4.26. The second kappa shape index (κ2) is 9.37. The van der Waals surface area contributed by atoms with Crippen LogP contribution < -0.4 is 0 Å². The molecule has 32 heavy (non-hydrogen) atoms. The topological polar surface area (TPSA) is 49.9 Å². The number of carbonyl (C=O) groups is 2. The minimum atomic E-state index is -1.12. The van der Waals surface area contributed by atoms with Gasteiger partial charge in [-0.2, -0.15) is 0 Å². The summed E-state index contributed by atoms with van der Waals surface area (Å²) >= 11 is 0. The van der Waals surface area contributed by atoms with Gasteiger partial charge in [-0.15, -0.1) is 0 Å². The molecule has 0 aliphatic carbocycles. The first kappa shape index (κ1) is 21.8. The normalized spacial score (nSPS) is 18.2. The zero-order chi connectivity index (χ0) is 22.6. The summed E-state index contributed by atoms with van der Waals surface area (Å²) in [6.45, 7) is 0.990. The number of nitrogens with zero attached hydrogens (tertiary/aromatic N) is 2. The molecule has 0 spiro atoms. The van der Waals surface area contributed by atoms with Crippen molar-refractivity contribution in [3.63, 3.8) is 0 Å². The van der Waals surface area contributed by atoms with Crippen LogP contribution in [0.2, 0.25) is 0 Å². The summed E-state index contributed by atoms with van der Waals surface area (Å²) < 4.78 is 6.17. The van der Waals surface area contributed by atoms with Crippen LogP contribution in [-0.2, 0) is 16.0 Å². The highest BCUT2D eigenvalue weighted by molar-refractivity contribution is 5.95. The summed E-state index contributed by atoms with van der Waals surface area (Å²) in [5.74, 6) is -0.212. The lowest BCUT2D eigenvalue weighted by atomic mass is 9.89. The van der Waals surface area contributed by atoms with E-state index in [1.54, 1.807) is 36.0 Å². The highest BCUT2D eigenvalue weighted by atomic mass is 16.5. The third-order valence-electron chi connectivity index (χ3n) is 5.81. The monoisotopic (exact) mass is 428 g/mol. The first-order valence-electron chi connectivity index (χ1n) is 10.8. The van der Waals surface area contributed by atoms with Crippen molar-refractivity contribution in [3.8, 4) is 11.1 Å². The van der Waals surface area contributed by atoms with Crippen LogP contribution in [0.15, 0.2) is 84.9 Å². The first-order chi connectivity index (χ1) is 15.5. The van der Waals surface area contributed by atoms with Gasteiger partial charge in [-0.05, 0) is 28.8 Å². The van der Waals surface area contributed by atoms with E-state index in [1.807, 2.05) is 48.5 Å². The number of carbonyl (C=O) groups excluding carboxylic acids is 2. The molecular formula is C27H28N2O3. The van der Waals surface area contributed by atoms with Crippen LogP contribution in [0.4, 0.5) is 0 Å². The van der Waals surface area contributed by atoms with Gasteiger partial charge < -0.3 is 14.5 Å². The third kappa shape index (κ3) is 4.58.